The fraction of sp³-hybridized carbons (Fsp3) is 0.500. The average molecular weight is 537 g/mol. The molecule has 2 saturated heterocycles. The van der Waals surface area contributed by atoms with Crippen LogP contribution in [0.15, 0.2) is 40.9 Å². The molecular formula is C28H33FN6O4. The van der Waals surface area contributed by atoms with Crippen molar-refractivity contribution in [2.45, 2.75) is 26.1 Å². The normalized spacial score (nSPS) is 24.1. The van der Waals surface area contributed by atoms with Crippen LogP contribution >= 0.6 is 0 Å². The fourth-order valence-electron chi connectivity index (χ4n) is 4.81. The van der Waals surface area contributed by atoms with Crippen molar-refractivity contribution < 1.29 is 23.1 Å². The van der Waals surface area contributed by atoms with Crippen LogP contribution in [0.4, 0.5) is 10.3 Å². The summed E-state index contributed by atoms with van der Waals surface area (Å²) in [6.07, 6.45) is 3.21. The van der Waals surface area contributed by atoms with E-state index in [1.54, 1.807) is 24.4 Å². The molecule has 206 valence electrons. The van der Waals surface area contributed by atoms with Crippen LogP contribution in [0.25, 0.3) is 22.7 Å². The smallest absolute Gasteiger partial charge is 0.253 e. The number of hydrogen-bond donors (Lipinski definition) is 1. The van der Waals surface area contributed by atoms with Gasteiger partial charge in [-0.1, -0.05) is 0 Å². The maximum absolute atomic E-state index is 13.7. The Hall–Kier alpha value is -3.41. The second kappa shape index (κ2) is 10.6. The van der Waals surface area contributed by atoms with Crippen LogP contribution in [-0.4, -0.2) is 83.6 Å². The Morgan fingerprint density at radius 3 is 2.49 bits per heavy atom. The number of oxazole rings is 1. The zero-order chi connectivity index (χ0) is 27.0. The van der Waals surface area contributed by atoms with Gasteiger partial charge in [-0.25, -0.2) is 19.3 Å². The molecule has 10 nitrogen and oxygen atoms in total. The number of benzene rings is 1. The lowest BCUT2D eigenvalue weighted by Gasteiger charge is -2.41. The van der Waals surface area contributed by atoms with Crippen LogP contribution in [0, 0.1) is 17.2 Å². The average Bonchev–Trinajstić information content (AvgIpc) is 3.69. The van der Waals surface area contributed by atoms with Crippen LogP contribution in [-0.2, 0) is 14.3 Å². The maximum Gasteiger partial charge on any atom is 0.253 e. The van der Waals surface area contributed by atoms with Crippen molar-refractivity contribution in [2.24, 2.45) is 11.3 Å². The number of rotatable bonds is 7. The third-order valence-corrected chi connectivity index (χ3v) is 7.51. The lowest BCUT2D eigenvalue weighted by atomic mass is 9.90. The second-order valence-corrected chi connectivity index (χ2v) is 10.9. The van der Waals surface area contributed by atoms with Gasteiger partial charge >= 0.3 is 0 Å². The van der Waals surface area contributed by atoms with Crippen molar-refractivity contribution >= 4 is 11.9 Å². The van der Waals surface area contributed by atoms with Crippen LogP contribution < -0.4 is 5.32 Å². The van der Waals surface area contributed by atoms with Gasteiger partial charge in [0.05, 0.1) is 18.6 Å². The van der Waals surface area contributed by atoms with Gasteiger partial charge in [0.1, 0.15) is 17.2 Å². The van der Waals surface area contributed by atoms with E-state index in [4.69, 9.17) is 18.9 Å². The predicted molar refractivity (Wildman–Crippen MR) is 141 cm³/mol. The molecule has 11 heteroatoms. The number of aromatic nitrogens is 3. The molecule has 2 aromatic heterocycles. The van der Waals surface area contributed by atoms with E-state index in [-0.39, 0.29) is 30.8 Å². The Balaban J connectivity index is 1.23. The van der Waals surface area contributed by atoms with E-state index in [0.29, 0.717) is 47.7 Å². The minimum absolute atomic E-state index is 0.0290. The van der Waals surface area contributed by atoms with Gasteiger partial charge in [-0.15, -0.1) is 0 Å². The number of ether oxygens (including phenoxy) is 2. The van der Waals surface area contributed by atoms with Gasteiger partial charge in [-0.05, 0) is 63.1 Å². The molecule has 3 fully saturated rings. The summed E-state index contributed by atoms with van der Waals surface area (Å²) in [5, 5.41) is 3.28. The molecule has 6 rings (SSSR count). The molecule has 0 bridgehead atoms. The van der Waals surface area contributed by atoms with Crippen molar-refractivity contribution in [3.05, 3.63) is 48.2 Å². The monoisotopic (exact) mass is 536 g/mol. The first-order valence-corrected chi connectivity index (χ1v) is 13.4. The van der Waals surface area contributed by atoms with Crippen LogP contribution in [0.1, 0.15) is 31.9 Å². The number of nitrogens with zero attached hydrogens (tertiary/aromatic N) is 5. The number of piperazine rings is 1. The van der Waals surface area contributed by atoms with Crippen molar-refractivity contribution in [3.8, 4) is 22.7 Å². The second-order valence-electron chi connectivity index (χ2n) is 10.9. The van der Waals surface area contributed by atoms with E-state index in [0.717, 1.165) is 19.6 Å². The van der Waals surface area contributed by atoms with Crippen LogP contribution in [0.3, 0.4) is 0 Å². The Morgan fingerprint density at radius 1 is 1.08 bits per heavy atom. The summed E-state index contributed by atoms with van der Waals surface area (Å²) in [4.78, 5) is 31.0. The van der Waals surface area contributed by atoms with Crippen LogP contribution in [0.2, 0.25) is 0 Å². The Labute approximate surface area is 226 Å². The molecule has 39 heavy (non-hydrogen) atoms. The summed E-state index contributed by atoms with van der Waals surface area (Å²) in [5.41, 5.74) is 0.896. The summed E-state index contributed by atoms with van der Waals surface area (Å²) in [7, 11) is 2.05. The molecule has 1 saturated carbocycles. The van der Waals surface area contributed by atoms with Gasteiger partial charge in [0.25, 0.3) is 5.89 Å². The Kier molecular flexibility index (Phi) is 7.05. The summed E-state index contributed by atoms with van der Waals surface area (Å²) in [6.45, 7) is 6.11. The van der Waals surface area contributed by atoms with E-state index < -0.39 is 11.7 Å². The third kappa shape index (κ3) is 5.66. The minimum atomic E-state index is -0.888. The summed E-state index contributed by atoms with van der Waals surface area (Å²) < 4.78 is 31.9. The predicted octanol–water partition coefficient (Wildman–Crippen LogP) is 3.59. The number of likely N-dealkylation sites (N-methyl/N-ethyl adjacent to an activating group) is 1. The van der Waals surface area contributed by atoms with Gasteiger partial charge in [0.15, 0.2) is 5.76 Å². The highest BCUT2D eigenvalue weighted by molar-refractivity contribution is 5.83. The first-order valence-electron chi connectivity index (χ1n) is 13.4. The van der Waals surface area contributed by atoms with Crippen molar-refractivity contribution in [1.82, 2.24) is 24.8 Å². The first-order chi connectivity index (χ1) is 18.9. The number of nitrogens with one attached hydrogen (secondary N) is 1. The molecule has 0 atom stereocenters. The topological polar surface area (TPSA) is 106 Å². The minimum Gasteiger partial charge on any atom is -0.433 e. The number of carbonyl (C=O) groups excluding carboxylic acids is 1. The van der Waals surface area contributed by atoms with E-state index in [9.17, 15) is 9.18 Å². The van der Waals surface area contributed by atoms with Gasteiger partial charge in [-0.2, -0.15) is 0 Å². The van der Waals surface area contributed by atoms with Crippen molar-refractivity contribution in [3.63, 3.8) is 0 Å². The summed E-state index contributed by atoms with van der Waals surface area (Å²) >= 11 is 0. The molecule has 3 aromatic rings. The molecular weight excluding hydrogens is 503 g/mol. The van der Waals surface area contributed by atoms with Gasteiger partial charge < -0.3 is 29.0 Å². The SMILES string of the molecule is CN1CCN(C(=O)C2(C)COC(c3nc(-c4ccc(F)cc4)c(-c4ccnc(NCC5CC5)n4)o3)OC2)CC1. The molecule has 1 amide bonds. The standard InChI is InChI=1S/C28H33FN6O4/c1-28(26(36)35-13-11-34(2)12-14-35)16-37-25(38-17-28)24-33-22(19-5-7-20(29)8-6-19)23(39-24)21-9-10-30-27(32-21)31-15-18-3-4-18/h5-10,18,25H,3-4,11-17H2,1-2H3,(H,30,31,32). The van der Waals surface area contributed by atoms with E-state index in [2.05, 4.69) is 27.2 Å². The molecule has 1 N–H and O–H groups in total. The molecule has 0 unspecified atom stereocenters. The Morgan fingerprint density at radius 2 is 1.79 bits per heavy atom. The number of carbonyl (C=O) groups is 1. The molecule has 0 spiro atoms. The molecule has 1 aliphatic carbocycles. The maximum atomic E-state index is 13.7. The Bertz CT molecular complexity index is 1310. The number of halogens is 1. The number of hydrogen-bond acceptors (Lipinski definition) is 9. The largest absolute Gasteiger partial charge is 0.433 e. The molecule has 0 radical (unpaired) electrons. The van der Waals surface area contributed by atoms with Gasteiger partial charge in [0.2, 0.25) is 18.1 Å². The summed E-state index contributed by atoms with van der Waals surface area (Å²) in [5.74, 6) is 1.47. The molecule has 2 aliphatic heterocycles. The molecule has 3 aliphatic rings. The van der Waals surface area contributed by atoms with E-state index in [1.807, 2.05) is 11.8 Å². The molecule has 4 heterocycles. The van der Waals surface area contributed by atoms with Crippen molar-refractivity contribution in [1.29, 1.82) is 0 Å². The van der Waals surface area contributed by atoms with E-state index in [1.165, 1.54) is 25.0 Å². The quantitative estimate of drug-likeness (QED) is 0.485. The first kappa shape index (κ1) is 25.8. The summed E-state index contributed by atoms with van der Waals surface area (Å²) in [6, 6.07) is 7.77. The fourth-order valence-corrected chi connectivity index (χ4v) is 4.81. The highest BCUT2D eigenvalue weighted by Gasteiger charge is 2.44. The lowest BCUT2D eigenvalue weighted by molar-refractivity contribution is -0.239. The zero-order valence-corrected chi connectivity index (χ0v) is 22.2. The van der Waals surface area contributed by atoms with Crippen molar-refractivity contribution in [2.75, 3.05) is 58.3 Å². The third-order valence-electron chi connectivity index (χ3n) is 7.51. The molecule has 1 aromatic carbocycles. The van der Waals surface area contributed by atoms with Crippen LogP contribution in [0.5, 0.6) is 0 Å². The highest BCUT2D eigenvalue weighted by atomic mass is 19.1. The van der Waals surface area contributed by atoms with Gasteiger partial charge in [-0.3, -0.25) is 4.79 Å². The number of anilines is 1. The lowest BCUT2D eigenvalue weighted by Crippen LogP contribution is -2.55. The zero-order valence-electron chi connectivity index (χ0n) is 22.2. The highest BCUT2D eigenvalue weighted by Crippen LogP contribution is 2.38. The van der Waals surface area contributed by atoms with E-state index >= 15 is 0 Å². The number of amides is 1. The van der Waals surface area contributed by atoms with Gasteiger partial charge in [0, 0.05) is 44.5 Å².